The number of fused-ring (bicyclic) bond motifs is 1. The van der Waals surface area contributed by atoms with Gasteiger partial charge in [-0.25, -0.2) is 9.78 Å². The molecule has 2 N–H and O–H groups in total. The molecule has 0 atom stereocenters. The molecule has 2 heterocycles. The van der Waals surface area contributed by atoms with Crippen molar-refractivity contribution in [2.75, 3.05) is 5.32 Å². The summed E-state index contributed by atoms with van der Waals surface area (Å²) >= 11 is 0. The molecule has 0 unspecified atom stereocenters. The van der Waals surface area contributed by atoms with E-state index in [4.69, 9.17) is 5.11 Å². The van der Waals surface area contributed by atoms with Crippen LogP contribution in [0.1, 0.15) is 0 Å². The Morgan fingerprint density at radius 1 is 1.48 bits per heavy atom. The third-order valence-corrected chi connectivity index (χ3v) is 3.12. The Labute approximate surface area is 118 Å². The van der Waals surface area contributed by atoms with Crippen LogP contribution in [0.25, 0.3) is 11.3 Å². The molecule has 1 aliphatic heterocycles. The third-order valence-electron chi connectivity index (χ3n) is 3.12. The van der Waals surface area contributed by atoms with Gasteiger partial charge < -0.3 is 15.0 Å². The van der Waals surface area contributed by atoms with Crippen molar-refractivity contribution in [3.05, 3.63) is 52.3 Å². The molecule has 8 nitrogen and oxygen atoms in total. The number of nitro benzene ring substituents is 1. The number of imidazole rings is 1. The quantitative estimate of drug-likeness (QED) is 0.658. The normalized spacial score (nSPS) is 13.0. The molecule has 2 aromatic rings. The second kappa shape index (κ2) is 4.75. The summed E-state index contributed by atoms with van der Waals surface area (Å²) in [7, 11) is 0. The summed E-state index contributed by atoms with van der Waals surface area (Å²) in [5.41, 5.74) is 1.34. The summed E-state index contributed by atoms with van der Waals surface area (Å²) in [5.74, 6) is -0.500. The van der Waals surface area contributed by atoms with Gasteiger partial charge in [0.15, 0.2) is 0 Å². The van der Waals surface area contributed by atoms with Crippen molar-refractivity contribution in [3.63, 3.8) is 0 Å². The fraction of sp³-hybridized carbons (Fsp3) is 0.0769. The summed E-state index contributed by atoms with van der Waals surface area (Å²) in [5, 5.41) is 22.6. The van der Waals surface area contributed by atoms with Gasteiger partial charge in [-0.3, -0.25) is 10.1 Å². The van der Waals surface area contributed by atoms with E-state index in [9.17, 15) is 14.9 Å². The molecular formula is C13H10N4O4. The largest absolute Gasteiger partial charge is 0.478 e. The standard InChI is InChI=1S/C13H10N4O4/c18-12(19)9-5-14-13-15-11(7-16(13)6-9)8-2-1-3-10(4-8)17(20)21/h1-5,7H,6H2,(H,14,15)(H,18,19). The van der Waals surface area contributed by atoms with Gasteiger partial charge in [0.1, 0.15) is 0 Å². The van der Waals surface area contributed by atoms with Crippen molar-refractivity contribution >= 4 is 17.6 Å². The Kier molecular flexibility index (Phi) is 2.90. The van der Waals surface area contributed by atoms with E-state index in [1.807, 2.05) is 0 Å². The Hall–Kier alpha value is -3.16. The van der Waals surface area contributed by atoms with Gasteiger partial charge in [-0.05, 0) is 0 Å². The highest BCUT2D eigenvalue weighted by Gasteiger charge is 2.18. The first-order valence-corrected chi connectivity index (χ1v) is 6.05. The number of rotatable bonds is 3. The second-order valence-corrected chi connectivity index (χ2v) is 4.50. The highest BCUT2D eigenvalue weighted by molar-refractivity contribution is 5.87. The Morgan fingerprint density at radius 2 is 2.29 bits per heavy atom. The minimum atomic E-state index is -1.00. The number of aliphatic carboxylic acids is 1. The predicted octanol–water partition coefficient (Wildman–Crippen LogP) is 1.85. The number of carboxylic acid groups (broad SMARTS) is 1. The molecule has 1 aromatic carbocycles. The number of nitro groups is 1. The number of hydrogen-bond acceptors (Lipinski definition) is 5. The van der Waals surface area contributed by atoms with Crippen LogP contribution in [0.3, 0.4) is 0 Å². The highest BCUT2D eigenvalue weighted by atomic mass is 16.6. The van der Waals surface area contributed by atoms with E-state index in [2.05, 4.69) is 10.3 Å². The number of carbonyl (C=O) groups is 1. The zero-order chi connectivity index (χ0) is 15.0. The van der Waals surface area contributed by atoms with Gasteiger partial charge in [0.25, 0.3) is 5.69 Å². The minimum Gasteiger partial charge on any atom is -0.478 e. The molecule has 106 valence electrons. The summed E-state index contributed by atoms with van der Waals surface area (Å²) in [6.45, 7) is 0.194. The lowest BCUT2D eigenvalue weighted by molar-refractivity contribution is -0.384. The number of benzene rings is 1. The summed E-state index contributed by atoms with van der Waals surface area (Å²) < 4.78 is 1.65. The number of nitrogens with one attached hydrogen (secondary N) is 1. The van der Waals surface area contributed by atoms with E-state index in [-0.39, 0.29) is 17.8 Å². The van der Waals surface area contributed by atoms with Crippen LogP contribution in [-0.4, -0.2) is 25.6 Å². The zero-order valence-corrected chi connectivity index (χ0v) is 10.7. The molecule has 1 aromatic heterocycles. The van der Waals surface area contributed by atoms with E-state index in [0.717, 1.165) is 0 Å². The van der Waals surface area contributed by atoms with Crippen LogP contribution in [0.5, 0.6) is 0 Å². The maximum absolute atomic E-state index is 10.9. The maximum atomic E-state index is 10.9. The van der Waals surface area contributed by atoms with E-state index >= 15 is 0 Å². The van der Waals surface area contributed by atoms with Crippen LogP contribution in [0.4, 0.5) is 11.6 Å². The lowest BCUT2D eigenvalue weighted by atomic mass is 10.1. The lowest BCUT2D eigenvalue weighted by Crippen LogP contribution is -2.16. The van der Waals surface area contributed by atoms with Gasteiger partial charge in [0.05, 0.1) is 22.7 Å². The fourth-order valence-electron chi connectivity index (χ4n) is 2.08. The fourth-order valence-corrected chi connectivity index (χ4v) is 2.08. The SMILES string of the molecule is O=C(O)C1=CNc2nc(-c3cccc([N+](=O)[O-])c3)cn2C1. The minimum absolute atomic E-state index is 0.0178. The summed E-state index contributed by atoms with van der Waals surface area (Å²) in [6, 6.07) is 6.13. The lowest BCUT2D eigenvalue weighted by Gasteiger charge is -2.13. The van der Waals surface area contributed by atoms with Crippen molar-refractivity contribution in [3.8, 4) is 11.3 Å². The van der Waals surface area contributed by atoms with Crippen molar-refractivity contribution < 1.29 is 14.8 Å². The van der Waals surface area contributed by atoms with Gasteiger partial charge in [0.2, 0.25) is 5.95 Å². The molecule has 0 radical (unpaired) electrons. The van der Waals surface area contributed by atoms with Gasteiger partial charge in [-0.15, -0.1) is 0 Å². The first-order chi connectivity index (χ1) is 10.0. The molecule has 0 bridgehead atoms. The predicted molar refractivity (Wildman–Crippen MR) is 73.7 cm³/mol. The average Bonchev–Trinajstić information content (AvgIpc) is 2.90. The van der Waals surface area contributed by atoms with Crippen LogP contribution in [0.15, 0.2) is 42.2 Å². The number of carboxylic acids is 1. The topological polar surface area (TPSA) is 110 Å². The van der Waals surface area contributed by atoms with Crippen LogP contribution in [0.2, 0.25) is 0 Å². The molecule has 0 aliphatic carbocycles. The second-order valence-electron chi connectivity index (χ2n) is 4.50. The van der Waals surface area contributed by atoms with Crippen molar-refractivity contribution in [1.82, 2.24) is 9.55 Å². The van der Waals surface area contributed by atoms with E-state index in [1.165, 1.54) is 18.3 Å². The Balaban J connectivity index is 1.95. The highest BCUT2D eigenvalue weighted by Crippen LogP contribution is 2.26. The molecule has 1 aliphatic rings. The number of hydrogen-bond donors (Lipinski definition) is 2. The smallest absolute Gasteiger partial charge is 0.334 e. The number of nitrogens with zero attached hydrogens (tertiary/aromatic N) is 3. The van der Waals surface area contributed by atoms with Crippen LogP contribution >= 0.6 is 0 Å². The van der Waals surface area contributed by atoms with E-state index in [0.29, 0.717) is 17.2 Å². The molecule has 3 rings (SSSR count). The van der Waals surface area contributed by atoms with Gasteiger partial charge in [-0.2, -0.15) is 0 Å². The molecule has 8 heteroatoms. The third kappa shape index (κ3) is 2.34. The average molecular weight is 286 g/mol. The van der Waals surface area contributed by atoms with Crippen LogP contribution < -0.4 is 5.32 Å². The summed E-state index contributed by atoms with van der Waals surface area (Å²) in [6.07, 6.45) is 3.05. The first kappa shape index (κ1) is 12.9. The molecule has 0 saturated carbocycles. The maximum Gasteiger partial charge on any atom is 0.334 e. The molecule has 0 amide bonds. The Morgan fingerprint density at radius 3 is 3.00 bits per heavy atom. The van der Waals surface area contributed by atoms with Crippen LogP contribution in [0, 0.1) is 10.1 Å². The number of anilines is 1. The van der Waals surface area contributed by atoms with E-state index in [1.54, 1.807) is 22.9 Å². The Bertz CT molecular complexity index is 778. The summed E-state index contributed by atoms with van der Waals surface area (Å²) in [4.78, 5) is 25.6. The van der Waals surface area contributed by atoms with Crippen molar-refractivity contribution in [2.24, 2.45) is 0 Å². The first-order valence-electron chi connectivity index (χ1n) is 6.05. The van der Waals surface area contributed by atoms with Crippen molar-refractivity contribution in [1.29, 1.82) is 0 Å². The van der Waals surface area contributed by atoms with E-state index < -0.39 is 10.9 Å². The monoisotopic (exact) mass is 286 g/mol. The molecule has 0 saturated heterocycles. The number of aromatic nitrogens is 2. The molecular weight excluding hydrogens is 276 g/mol. The van der Waals surface area contributed by atoms with Crippen molar-refractivity contribution in [2.45, 2.75) is 6.54 Å². The zero-order valence-electron chi connectivity index (χ0n) is 10.7. The number of non-ortho nitro benzene ring substituents is 1. The molecule has 0 spiro atoms. The molecule has 21 heavy (non-hydrogen) atoms. The van der Waals surface area contributed by atoms with Gasteiger partial charge in [0, 0.05) is 30.1 Å². The molecule has 0 fully saturated rings. The van der Waals surface area contributed by atoms with Crippen LogP contribution in [-0.2, 0) is 11.3 Å². The van der Waals surface area contributed by atoms with Gasteiger partial charge >= 0.3 is 5.97 Å². The van der Waals surface area contributed by atoms with Gasteiger partial charge in [-0.1, -0.05) is 12.1 Å².